The summed E-state index contributed by atoms with van der Waals surface area (Å²) in [6.45, 7) is 0. The summed E-state index contributed by atoms with van der Waals surface area (Å²) < 4.78 is 0. The van der Waals surface area contributed by atoms with E-state index in [2.05, 4.69) is 170 Å². The molecule has 10 aromatic carbocycles. The predicted molar refractivity (Wildman–Crippen MR) is 213 cm³/mol. The Morgan fingerprint density at radius 3 is 0.940 bits per heavy atom. The number of benzene rings is 10. The molecule has 0 amide bonds. The maximum absolute atomic E-state index is 4.88. The molecule has 0 radical (unpaired) electrons. The van der Waals surface area contributed by atoms with Crippen molar-refractivity contribution >= 4 is 64.6 Å². The van der Waals surface area contributed by atoms with Crippen LogP contribution >= 0.6 is 0 Å². The lowest BCUT2D eigenvalue weighted by atomic mass is 9.91. The molecule has 0 bridgehead atoms. The van der Waals surface area contributed by atoms with E-state index in [-0.39, 0.29) is 0 Å². The minimum atomic E-state index is 0.973. The van der Waals surface area contributed by atoms with Gasteiger partial charge in [0.1, 0.15) is 0 Å². The Bertz CT molecular complexity index is 2710. The molecule has 0 aliphatic rings. The quantitative estimate of drug-likeness (QED) is 0.176. The lowest BCUT2D eigenvalue weighted by Crippen LogP contribution is -1.88. The van der Waals surface area contributed by atoms with Crippen molar-refractivity contribution in [1.29, 1.82) is 0 Å². The average molecular weight is 632 g/mol. The molecule has 1 heterocycles. The SMILES string of the molecule is c1cc2ccc3cc(-c4ccc(-c5ccc(-c6ccc(-c7cc8ccc9cccc%10ccc(c7)c8c9%10)cc6)nc5)cc4)cc4ccc(c1)c2c34. The number of hydrogen-bond acceptors (Lipinski definition) is 1. The van der Waals surface area contributed by atoms with Gasteiger partial charge in [0.25, 0.3) is 0 Å². The maximum atomic E-state index is 4.88. The van der Waals surface area contributed by atoms with Crippen molar-refractivity contribution in [1.82, 2.24) is 4.98 Å². The van der Waals surface area contributed by atoms with E-state index in [1.54, 1.807) is 0 Å². The standard InChI is InChI=1S/C49H29N/c1-3-34-15-19-38-25-43(26-39-20-16-35(4-1)46(34)48(38)39)31-9-7-30(8-10-31)42-23-24-45(50-29-42)33-13-11-32(12-14-33)44-27-40-21-17-36-5-2-6-37-18-22-41(28-44)49(40)47(36)37/h1-29H. The lowest BCUT2D eigenvalue weighted by molar-refractivity contribution is 1.32. The molecule has 1 heteroatoms. The van der Waals surface area contributed by atoms with Gasteiger partial charge in [-0.05, 0) is 123 Å². The van der Waals surface area contributed by atoms with Crippen LogP contribution < -0.4 is 0 Å². The molecule has 230 valence electrons. The van der Waals surface area contributed by atoms with E-state index in [0.29, 0.717) is 0 Å². The first-order valence-corrected chi connectivity index (χ1v) is 17.3. The molecule has 0 aliphatic carbocycles. The molecule has 11 rings (SSSR count). The highest BCUT2D eigenvalue weighted by molar-refractivity contribution is 6.25. The Balaban J connectivity index is 0.865. The van der Waals surface area contributed by atoms with E-state index in [1.165, 1.54) is 86.9 Å². The molecule has 1 nitrogen and oxygen atoms in total. The van der Waals surface area contributed by atoms with E-state index in [1.807, 2.05) is 6.20 Å². The van der Waals surface area contributed by atoms with Crippen LogP contribution in [-0.2, 0) is 0 Å². The fraction of sp³-hybridized carbons (Fsp3) is 0. The summed E-state index contributed by atoms with van der Waals surface area (Å²) in [7, 11) is 0. The smallest absolute Gasteiger partial charge is 0.0702 e. The molecule has 0 unspecified atom stereocenters. The van der Waals surface area contributed by atoms with E-state index in [4.69, 9.17) is 4.98 Å². The minimum absolute atomic E-state index is 0.973. The fourth-order valence-corrected chi connectivity index (χ4v) is 8.26. The maximum Gasteiger partial charge on any atom is 0.0702 e. The Labute approximate surface area is 289 Å². The van der Waals surface area contributed by atoms with Crippen molar-refractivity contribution in [2.24, 2.45) is 0 Å². The summed E-state index contributed by atoms with van der Waals surface area (Å²) in [5.74, 6) is 0. The van der Waals surface area contributed by atoms with E-state index in [0.717, 1.165) is 22.4 Å². The second kappa shape index (κ2) is 10.5. The molecule has 0 fully saturated rings. The highest BCUT2D eigenvalue weighted by Gasteiger charge is 2.12. The summed E-state index contributed by atoms with van der Waals surface area (Å²) in [5, 5.41) is 15.8. The summed E-state index contributed by atoms with van der Waals surface area (Å²) in [5.41, 5.74) is 9.26. The van der Waals surface area contributed by atoms with Gasteiger partial charge in [0, 0.05) is 17.3 Å². The third-order valence-corrected chi connectivity index (χ3v) is 10.8. The monoisotopic (exact) mass is 631 g/mol. The topological polar surface area (TPSA) is 12.9 Å². The molecule has 50 heavy (non-hydrogen) atoms. The Morgan fingerprint density at radius 2 is 0.560 bits per heavy atom. The third-order valence-electron chi connectivity index (χ3n) is 10.8. The number of nitrogens with zero attached hydrogens (tertiary/aromatic N) is 1. The average Bonchev–Trinajstić information content (AvgIpc) is 3.19. The van der Waals surface area contributed by atoms with Crippen molar-refractivity contribution in [3.63, 3.8) is 0 Å². The van der Waals surface area contributed by atoms with Crippen molar-refractivity contribution in [3.8, 4) is 44.6 Å². The normalized spacial score (nSPS) is 12.0. The van der Waals surface area contributed by atoms with Gasteiger partial charge >= 0.3 is 0 Å². The fourth-order valence-electron chi connectivity index (χ4n) is 8.26. The zero-order chi connectivity index (χ0) is 32.8. The van der Waals surface area contributed by atoms with Gasteiger partial charge in [-0.15, -0.1) is 0 Å². The van der Waals surface area contributed by atoms with Gasteiger partial charge in [0.15, 0.2) is 0 Å². The van der Waals surface area contributed by atoms with Crippen molar-refractivity contribution < 1.29 is 0 Å². The van der Waals surface area contributed by atoms with Crippen LogP contribution in [0.2, 0.25) is 0 Å². The number of aromatic nitrogens is 1. The molecule has 0 atom stereocenters. The number of rotatable bonds is 4. The molecular formula is C49H29N. The molecule has 0 saturated carbocycles. The second-order valence-corrected chi connectivity index (χ2v) is 13.6. The highest BCUT2D eigenvalue weighted by Crippen LogP contribution is 2.39. The largest absolute Gasteiger partial charge is 0.256 e. The number of hydrogen-bond donors (Lipinski definition) is 0. The van der Waals surface area contributed by atoms with Crippen LogP contribution in [0.5, 0.6) is 0 Å². The number of pyridine rings is 1. The minimum Gasteiger partial charge on any atom is -0.256 e. The van der Waals surface area contributed by atoms with Crippen molar-refractivity contribution in [2.45, 2.75) is 0 Å². The Kier molecular flexibility index (Phi) is 5.73. The van der Waals surface area contributed by atoms with Crippen LogP contribution in [0.3, 0.4) is 0 Å². The third kappa shape index (κ3) is 4.17. The predicted octanol–water partition coefficient (Wildman–Crippen LogP) is 13.5. The van der Waals surface area contributed by atoms with Crippen LogP contribution in [0.15, 0.2) is 176 Å². The van der Waals surface area contributed by atoms with Crippen molar-refractivity contribution in [2.75, 3.05) is 0 Å². The Hall–Kier alpha value is -6.57. The van der Waals surface area contributed by atoms with Crippen LogP contribution in [0.1, 0.15) is 0 Å². The molecule has 0 aliphatic heterocycles. The van der Waals surface area contributed by atoms with Gasteiger partial charge in [0.2, 0.25) is 0 Å². The summed E-state index contributed by atoms with van der Waals surface area (Å²) in [4.78, 5) is 4.88. The molecule has 0 spiro atoms. The summed E-state index contributed by atoms with van der Waals surface area (Å²) in [6.07, 6.45) is 1.99. The van der Waals surface area contributed by atoms with E-state index < -0.39 is 0 Å². The van der Waals surface area contributed by atoms with E-state index >= 15 is 0 Å². The van der Waals surface area contributed by atoms with Crippen LogP contribution in [0, 0.1) is 0 Å². The second-order valence-electron chi connectivity index (χ2n) is 13.6. The first-order chi connectivity index (χ1) is 24.7. The highest BCUT2D eigenvalue weighted by atomic mass is 14.7. The van der Waals surface area contributed by atoms with E-state index in [9.17, 15) is 0 Å². The molecule has 11 aromatic rings. The van der Waals surface area contributed by atoms with Crippen LogP contribution in [-0.4, -0.2) is 4.98 Å². The van der Waals surface area contributed by atoms with Gasteiger partial charge in [-0.25, -0.2) is 0 Å². The molecular weight excluding hydrogens is 603 g/mol. The molecule has 0 N–H and O–H groups in total. The Morgan fingerprint density at radius 1 is 0.240 bits per heavy atom. The van der Waals surface area contributed by atoms with Crippen molar-refractivity contribution in [3.05, 3.63) is 176 Å². The first-order valence-electron chi connectivity index (χ1n) is 17.3. The molecule has 1 aromatic heterocycles. The molecule has 0 saturated heterocycles. The van der Waals surface area contributed by atoms with Gasteiger partial charge in [-0.3, -0.25) is 4.98 Å². The zero-order valence-electron chi connectivity index (χ0n) is 27.2. The van der Waals surface area contributed by atoms with Crippen LogP contribution in [0.4, 0.5) is 0 Å². The zero-order valence-corrected chi connectivity index (χ0v) is 27.2. The van der Waals surface area contributed by atoms with Gasteiger partial charge in [0.05, 0.1) is 5.69 Å². The lowest BCUT2D eigenvalue weighted by Gasteiger charge is -2.13. The summed E-state index contributed by atoms with van der Waals surface area (Å²) in [6, 6.07) is 62.4. The van der Waals surface area contributed by atoms with Gasteiger partial charge in [-0.2, -0.15) is 0 Å². The van der Waals surface area contributed by atoms with Gasteiger partial charge in [-0.1, -0.05) is 140 Å². The first kappa shape index (κ1) is 27.4. The van der Waals surface area contributed by atoms with Gasteiger partial charge < -0.3 is 0 Å². The van der Waals surface area contributed by atoms with Crippen LogP contribution in [0.25, 0.3) is 109 Å². The summed E-state index contributed by atoms with van der Waals surface area (Å²) >= 11 is 0.